The van der Waals surface area contributed by atoms with Gasteiger partial charge in [-0.2, -0.15) is 4.72 Å². The lowest BCUT2D eigenvalue weighted by Crippen LogP contribution is -2.29. The topological polar surface area (TPSA) is 112 Å². The van der Waals surface area contributed by atoms with Crippen molar-refractivity contribution in [3.63, 3.8) is 0 Å². The first-order valence-electron chi connectivity index (χ1n) is 9.66. The molecule has 4 aromatic rings. The van der Waals surface area contributed by atoms with Crippen molar-refractivity contribution in [1.82, 2.24) is 14.7 Å². The Kier molecular flexibility index (Phi) is 5.65. The Bertz CT molecular complexity index is 1430. The van der Waals surface area contributed by atoms with Gasteiger partial charge in [-0.15, -0.1) is 11.3 Å². The van der Waals surface area contributed by atoms with Gasteiger partial charge in [-0.25, -0.2) is 13.2 Å². The van der Waals surface area contributed by atoms with Gasteiger partial charge in [-0.3, -0.25) is 9.78 Å². The number of aromatic amines is 2. The Hall–Kier alpha value is -3.01. The minimum atomic E-state index is -3.97. The van der Waals surface area contributed by atoms with E-state index >= 15 is 0 Å². The second-order valence-corrected chi connectivity index (χ2v) is 10.2. The minimum absolute atomic E-state index is 0.0575. The average Bonchev–Trinajstić information content (AvgIpc) is 3.26. The summed E-state index contributed by atoms with van der Waals surface area (Å²) in [6.45, 7) is 4.20. The maximum absolute atomic E-state index is 13.2. The van der Waals surface area contributed by atoms with Crippen LogP contribution in [-0.2, 0) is 10.0 Å². The predicted molar refractivity (Wildman–Crippen MR) is 122 cm³/mol. The molecule has 160 valence electrons. The van der Waals surface area contributed by atoms with Gasteiger partial charge in [0.2, 0.25) is 10.0 Å². The summed E-state index contributed by atoms with van der Waals surface area (Å²) in [6, 6.07) is 15.1. The standard InChI is InChI=1S/C22H21N3O4S2/c1-13(2)14-5-7-15(8-6-14)20(19-4-3-11-30-19)25-31(28,29)16-9-10-18-17(12-16)21(26)24-22(27)23-18/h3-13,20,25H,1-2H3,(H2,23,24,26,27). The van der Waals surface area contributed by atoms with Crippen LogP contribution in [0.2, 0.25) is 0 Å². The summed E-state index contributed by atoms with van der Waals surface area (Å²) < 4.78 is 29.2. The third-order valence-corrected chi connectivity index (χ3v) is 7.42. The van der Waals surface area contributed by atoms with Crippen LogP contribution in [0.4, 0.5) is 0 Å². The largest absolute Gasteiger partial charge is 0.326 e. The summed E-state index contributed by atoms with van der Waals surface area (Å²) in [4.78, 5) is 28.9. The highest BCUT2D eigenvalue weighted by atomic mass is 32.2. The molecule has 31 heavy (non-hydrogen) atoms. The van der Waals surface area contributed by atoms with Crippen molar-refractivity contribution in [2.24, 2.45) is 0 Å². The van der Waals surface area contributed by atoms with Gasteiger partial charge < -0.3 is 4.98 Å². The molecule has 0 amide bonds. The van der Waals surface area contributed by atoms with Crippen molar-refractivity contribution in [2.45, 2.75) is 30.7 Å². The minimum Gasteiger partial charge on any atom is -0.307 e. The van der Waals surface area contributed by atoms with Gasteiger partial charge in [-0.1, -0.05) is 44.2 Å². The van der Waals surface area contributed by atoms with E-state index in [1.807, 2.05) is 41.8 Å². The number of rotatable bonds is 6. The Balaban J connectivity index is 1.75. The van der Waals surface area contributed by atoms with Crippen LogP contribution >= 0.6 is 11.3 Å². The molecule has 0 aliphatic heterocycles. The number of hydrogen-bond donors (Lipinski definition) is 3. The number of hydrogen-bond acceptors (Lipinski definition) is 5. The predicted octanol–water partition coefficient (Wildman–Crippen LogP) is 3.47. The van der Waals surface area contributed by atoms with Crippen LogP contribution in [0.25, 0.3) is 10.9 Å². The van der Waals surface area contributed by atoms with Crippen LogP contribution in [0.5, 0.6) is 0 Å². The molecule has 0 aliphatic rings. The van der Waals surface area contributed by atoms with Gasteiger partial charge in [0.1, 0.15) is 0 Å². The van der Waals surface area contributed by atoms with E-state index in [0.29, 0.717) is 5.92 Å². The third kappa shape index (κ3) is 4.39. The van der Waals surface area contributed by atoms with Gasteiger partial charge in [0.25, 0.3) is 5.56 Å². The number of aromatic nitrogens is 2. The molecule has 0 radical (unpaired) electrons. The molecule has 4 rings (SSSR count). The molecule has 1 atom stereocenters. The van der Waals surface area contributed by atoms with E-state index in [4.69, 9.17) is 0 Å². The monoisotopic (exact) mass is 455 g/mol. The summed E-state index contributed by atoms with van der Waals surface area (Å²) in [7, 11) is -3.97. The number of thiophene rings is 1. The van der Waals surface area contributed by atoms with E-state index in [-0.39, 0.29) is 15.8 Å². The maximum atomic E-state index is 13.2. The van der Waals surface area contributed by atoms with Gasteiger partial charge in [0.05, 0.1) is 21.8 Å². The molecule has 3 N–H and O–H groups in total. The maximum Gasteiger partial charge on any atom is 0.326 e. The molecule has 0 aliphatic carbocycles. The van der Waals surface area contributed by atoms with Crippen molar-refractivity contribution in [2.75, 3.05) is 0 Å². The Labute approximate surface area is 182 Å². The SMILES string of the molecule is CC(C)c1ccc(C(NS(=O)(=O)c2ccc3[nH]c(=O)[nH]c(=O)c3c2)c2cccs2)cc1. The quantitative estimate of drug-likeness (QED) is 0.413. The van der Waals surface area contributed by atoms with Crippen LogP contribution in [0.3, 0.4) is 0 Å². The lowest BCUT2D eigenvalue weighted by atomic mass is 9.99. The molecular weight excluding hydrogens is 434 g/mol. The summed E-state index contributed by atoms with van der Waals surface area (Å²) in [5, 5.41) is 1.99. The molecule has 2 heterocycles. The first-order chi connectivity index (χ1) is 14.7. The molecule has 0 saturated heterocycles. The highest BCUT2D eigenvalue weighted by molar-refractivity contribution is 7.89. The van der Waals surface area contributed by atoms with Gasteiger partial charge in [0.15, 0.2) is 0 Å². The fourth-order valence-electron chi connectivity index (χ4n) is 3.35. The Morgan fingerprint density at radius 2 is 1.65 bits per heavy atom. The first kappa shape index (κ1) is 21.2. The number of benzene rings is 2. The van der Waals surface area contributed by atoms with Gasteiger partial charge in [0, 0.05) is 4.88 Å². The third-order valence-electron chi connectivity index (χ3n) is 5.06. The van der Waals surface area contributed by atoms with Gasteiger partial charge >= 0.3 is 5.69 Å². The summed E-state index contributed by atoms with van der Waals surface area (Å²) in [5.74, 6) is 0.369. The van der Waals surface area contributed by atoms with E-state index in [0.717, 1.165) is 10.4 Å². The van der Waals surface area contributed by atoms with Crippen molar-refractivity contribution >= 4 is 32.3 Å². The molecular formula is C22H21N3O4S2. The molecule has 0 spiro atoms. The van der Waals surface area contributed by atoms with Crippen molar-refractivity contribution in [3.8, 4) is 0 Å². The highest BCUT2D eigenvalue weighted by Gasteiger charge is 2.24. The first-order valence-corrected chi connectivity index (χ1v) is 12.0. The number of fused-ring (bicyclic) bond motifs is 1. The number of nitrogens with one attached hydrogen (secondary N) is 3. The van der Waals surface area contributed by atoms with Gasteiger partial charge in [-0.05, 0) is 46.7 Å². The van der Waals surface area contributed by atoms with E-state index in [2.05, 4.69) is 28.5 Å². The van der Waals surface area contributed by atoms with Crippen LogP contribution in [0, 0.1) is 0 Å². The lowest BCUT2D eigenvalue weighted by Gasteiger charge is -2.19. The van der Waals surface area contributed by atoms with Crippen LogP contribution in [-0.4, -0.2) is 18.4 Å². The average molecular weight is 456 g/mol. The zero-order valence-electron chi connectivity index (χ0n) is 16.9. The van der Waals surface area contributed by atoms with E-state index in [1.165, 1.54) is 35.1 Å². The molecule has 2 aromatic carbocycles. The molecule has 0 fully saturated rings. The fourth-order valence-corrected chi connectivity index (χ4v) is 5.46. The lowest BCUT2D eigenvalue weighted by molar-refractivity contribution is 0.573. The molecule has 9 heteroatoms. The summed E-state index contributed by atoms with van der Waals surface area (Å²) >= 11 is 1.46. The summed E-state index contributed by atoms with van der Waals surface area (Å²) in [5.41, 5.74) is 0.966. The molecule has 7 nitrogen and oxygen atoms in total. The second kappa shape index (κ2) is 8.26. The van der Waals surface area contributed by atoms with Crippen LogP contribution < -0.4 is 16.0 Å². The van der Waals surface area contributed by atoms with E-state index in [9.17, 15) is 18.0 Å². The molecule has 1 unspecified atom stereocenters. The Morgan fingerprint density at radius 1 is 0.935 bits per heavy atom. The second-order valence-electron chi connectivity index (χ2n) is 7.51. The fraction of sp³-hybridized carbons (Fsp3) is 0.182. The van der Waals surface area contributed by atoms with Crippen molar-refractivity contribution in [3.05, 3.63) is 96.8 Å². The zero-order chi connectivity index (χ0) is 22.2. The smallest absolute Gasteiger partial charge is 0.307 e. The molecule has 2 aromatic heterocycles. The number of sulfonamides is 1. The molecule has 0 saturated carbocycles. The van der Waals surface area contributed by atoms with Crippen molar-refractivity contribution in [1.29, 1.82) is 0 Å². The van der Waals surface area contributed by atoms with E-state index in [1.54, 1.807) is 0 Å². The van der Waals surface area contributed by atoms with Crippen LogP contribution in [0.15, 0.2) is 74.5 Å². The van der Waals surface area contributed by atoms with E-state index < -0.39 is 27.3 Å². The normalized spacial score (nSPS) is 13.0. The highest BCUT2D eigenvalue weighted by Crippen LogP contribution is 2.29. The van der Waals surface area contributed by atoms with Crippen LogP contribution in [0.1, 0.15) is 41.8 Å². The zero-order valence-corrected chi connectivity index (χ0v) is 18.5. The Morgan fingerprint density at radius 3 is 2.29 bits per heavy atom. The van der Waals surface area contributed by atoms with Crippen molar-refractivity contribution < 1.29 is 8.42 Å². The number of H-pyrrole nitrogens is 2. The summed E-state index contributed by atoms with van der Waals surface area (Å²) in [6.07, 6.45) is 0. The molecule has 0 bridgehead atoms.